The maximum atomic E-state index is 5.27. The van der Waals surface area contributed by atoms with Crippen molar-refractivity contribution in [2.24, 2.45) is 0 Å². The van der Waals surface area contributed by atoms with Crippen molar-refractivity contribution in [3.63, 3.8) is 0 Å². The third-order valence-corrected chi connectivity index (χ3v) is 3.17. The lowest BCUT2D eigenvalue weighted by Gasteiger charge is -2.34. The number of nitrogens with zero attached hydrogens (tertiary/aromatic N) is 2. The van der Waals surface area contributed by atoms with Gasteiger partial charge in [0.1, 0.15) is 5.82 Å². The standard InChI is InChI=1S/C13H22N4O/c1-4-5-14-13-15-9(2)6-12(17-13)16-10-7-11(8-10)18-3/h6,10-11H,4-5,7-8H2,1-3H3,(H2,14,15,16,17). The Balaban J connectivity index is 1.93. The Morgan fingerprint density at radius 1 is 1.39 bits per heavy atom. The van der Waals surface area contributed by atoms with E-state index in [1.54, 1.807) is 7.11 Å². The van der Waals surface area contributed by atoms with Crippen molar-refractivity contribution < 1.29 is 4.74 Å². The Bertz CT molecular complexity index is 391. The van der Waals surface area contributed by atoms with Crippen molar-refractivity contribution in [3.05, 3.63) is 11.8 Å². The molecule has 1 fully saturated rings. The van der Waals surface area contributed by atoms with Crippen LogP contribution in [0.3, 0.4) is 0 Å². The molecule has 1 aliphatic carbocycles. The lowest BCUT2D eigenvalue weighted by atomic mass is 9.89. The monoisotopic (exact) mass is 250 g/mol. The van der Waals surface area contributed by atoms with Gasteiger partial charge in [-0.1, -0.05) is 6.92 Å². The number of aryl methyl sites for hydroxylation is 1. The van der Waals surface area contributed by atoms with Gasteiger partial charge < -0.3 is 15.4 Å². The van der Waals surface area contributed by atoms with Crippen LogP contribution in [-0.4, -0.2) is 35.8 Å². The summed E-state index contributed by atoms with van der Waals surface area (Å²) in [5.74, 6) is 1.61. The summed E-state index contributed by atoms with van der Waals surface area (Å²) in [5.41, 5.74) is 0.980. The van der Waals surface area contributed by atoms with Gasteiger partial charge in [-0.15, -0.1) is 0 Å². The molecule has 5 nitrogen and oxygen atoms in total. The fourth-order valence-corrected chi connectivity index (χ4v) is 2.04. The summed E-state index contributed by atoms with van der Waals surface area (Å²) in [5, 5.41) is 6.65. The minimum Gasteiger partial charge on any atom is -0.381 e. The molecule has 0 spiro atoms. The summed E-state index contributed by atoms with van der Waals surface area (Å²) < 4.78 is 5.27. The van der Waals surface area contributed by atoms with Gasteiger partial charge in [0.15, 0.2) is 0 Å². The van der Waals surface area contributed by atoms with Crippen LogP contribution in [0.4, 0.5) is 11.8 Å². The molecule has 2 N–H and O–H groups in total. The highest BCUT2D eigenvalue weighted by Gasteiger charge is 2.29. The van der Waals surface area contributed by atoms with E-state index < -0.39 is 0 Å². The molecule has 1 aliphatic rings. The van der Waals surface area contributed by atoms with Gasteiger partial charge in [-0.25, -0.2) is 4.98 Å². The Labute approximate surface area is 108 Å². The Morgan fingerprint density at radius 2 is 2.17 bits per heavy atom. The van der Waals surface area contributed by atoms with E-state index >= 15 is 0 Å². The van der Waals surface area contributed by atoms with Gasteiger partial charge in [0, 0.05) is 31.5 Å². The highest BCUT2D eigenvalue weighted by Crippen LogP contribution is 2.26. The molecule has 2 rings (SSSR count). The summed E-state index contributed by atoms with van der Waals surface area (Å²) in [6, 6.07) is 2.46. The summed E-state index contributed by atoms with van der Waals surface area (Å²) >= 11 is 0. The zero-order chi connectivity index (χ0) is 13.0. The Hall–Kier alpha value is -1.36. The number of hydrogen-bond donors (Lipinski definition) is 2. The van der Waals surface area contributed by atoms with E-state index in [9.17, 15) is 0 Å². The third kappa shape index (κ3) is 3.32. The second-order valence-corrected chi connectivity index (χ2v) is 4.82. The SMILES string of the molecule is CCCNc1nc(C)cc(NC2CC(OC)C2)n1. The third-order valence-electron chi connectivity index (χ3n) is 3.17. The van der Waals surface area contributed by atoms with Gasteiger partial charge in [-0.05, 0) is 26.2 Å². The minimum absolute atomic E-state index is 0.406. The molecule has 1 aromatic heterocycles. The first-order valence-corrected chi connectivity index (χ1v) is 6.60. The fourth-order valence-electron chi connectivity index (χ4n) is 2.04. The zero-order valence-electron chi connectivity index (χ0n) is 11.4. The van der Waals surface area contributed by atoms with Gasteiger partial charge in [0.05, 0.1) is 6.10 Å². The topological polar surface area (TPSA) is 59.1 Å². The van der Waals surface area contributed by atoms with Crippen LogP contribution in [0.25, 0.3) is 0 Å². The molecule has 0 unspecified atom stereocenters. The number of hydrogen-bond acceptors (Lipinski definition) is 5. The largest absolute Gasteiger partial charge is 0.381 e. The van der Waals surface area contributed by atoms with Gasteiger partial charge in [0.2, 0.25) is 5.95 Å². The van der Waals surface area contributed by atoms with Crippen molar-refractivity contribution in [2.45, 2.75) is 45.3 Å². The van der Waals surface area contributed by atoms with Crippen LogP contribution in [-0.2, 0) is 4.74 Å². The summed E-state index contributed by atoms with van der Waals surface area (Å²) in [7, 11) is 1.77. The van der Waals surface area contributed by atoms with E-state index in [-0.39, 0.29) is 0 Å². The highest BCUT2D eigenvalue weighted by atomic mass is 16.5. The minimum atomic E-state index is 0.406. The first-order valence-electron chi connectivity index (χ1n) is 6.60. The van der Waals surface area contributed by atoms with Crippen molar-refractivity contribution >= 4 is 11.8 Å². The second-order valence-electron chi connectivity index (χ2n) is 4.82. The quantitative estimate of drug-likeness (QED) is 0.810. The first kappa shape index (κ1) is 13.1. The number of aromatic nitrogens is 2. The van der Waals surface area contributed by atoms with Crippen LogP contribution in [0.1, 0.15) is 31.9 Å². The predicted molar refractivity (Wildman–Crippen MR) is 73.0 cm³/mol. The van der Waals surface area contributed by atoms with Crippen LogP contribution in [0.15, 0.2) is 6.07 Å². The number of anilines is 2. The summed E-state index contributed by atoms with van der Waals surface area (Å²) in [6.07, 6.45) is 3.58. The number of methoxy groups -OCH3 is 1. The van der Waals surface area contributed by atoms with Crippen molar-refractivity contribution in [1.82, 2.24) is 9.97 Å². The molecule has 0 aliphatic heterocycles. The van der Waals surface area contributed by atoms with Crippen molar-refractivity contribution in [2.75, 3.05) is 24.3 Å². The number of ether oxygens (including phenoxy) is 1. The molecule has 0 saturated heterocycles. The van der Waals surface area contributed by atoms with E-state index in [0.29, 0.717) is 18.1 Å². The van der Waals surface area contributed by atoms with Crippen molar-refractivity contribution in [1.29, 1.82) is 0 Å². The lowest BCUT2D eigenvalue weighted by Crippen LogP contribution is -2.40. The molecule has 1 heterocycles. The van der Waals surface area contributed by atoms with Gasteiger partial charge in [-0.3, -0.25) is 0 Å². The molecule has 0 radical (unpaired) electrons. The average Bonchev–Trinajstić information content (AvgIpc) is 2.30. The molecule has 1 saturated carbocycles. The highest BCUT2D eigenvalue weighted by molar-refractivity contribution is 5.43. The molecule has 0 amide bonds. The van der Waals surface area contributed by atoms with E-state index in [0.717, 1.165) is 37.3 Å². The number of nitrogens with one attached hydrogen (secondary N) is 2. The van der Waals surface area contributed by atoms with E-state index in [2.05, 4.69) is 27.5 Å². The molecule has 5 heteroatoms. The van der Waals surface area contributed by atoms with Crippen LogP contribution in [0.2, 0.25) is 0 Å². The fraction of sp³-hybridized carbons (Fsp3) is 0.692. The molecular weight excluding hydrogens is 228 g/mol. The van der Waals surface area contributed by atoms with Gasteiger partial charge >= 0.3 is 0 Å². The molecule has 0 aromatic carbocycles. The maximum Gasteiger partial charge on any atom is 0.224 e. The van der Waals surface area contributed by atoms with Crippen LogP contribution in [0, 0.1) is 6.92 Å². The molecule has 100 valence electrons. The van der Waals surface area contributed by atoms with Crippen LogP contribution in [0.5, 0.6) is 0 Å². The van der Waals surface area contributed by atoms with Gasteiger partial charge in [0.25, 0.3) is 0 Å². The zero-order valence-corrected chi connectivity index (χ0v) is 11.4. The molecule has 0 bridgehead atoms. The lowest BCUT2D eigenvalue weighted by molar-refractivity contribution is 0.0328. The van der Waals surface area contributed by atoms with E-state index in [4.69, 9.17) is 4.74 Å². The summed E-state index contributed by atoms with van der Waals surface area (Å²) in [6.45, 7) is 5.02. The predicted octanol–water partition coefficient (Wildman–Crippen LogP) is 2.20. The molecule has 0 atom stereocenters. The van der Waals surface area contributed by atoms with Crippen molar-refractivity contribution in [3.8, 4) is 0 Å². The Kier molecular flexibility index (Phi) is 4.36. The van der Waals surface area contributed by atoms with Crippen LogP contribution >= 0.6 is 0 Å². The summed E-state index contributed by atoms with van der Waals surface area (Å²) in [4.78, 5) is 8.84. The van der Waals surface area contributed by atoms with Gasteiger partial charge in [-0.2, -0.15) is 4.98 Å². The normalized spacial score (nSPS) is 22.4. The average molecular weight is 250 g/mol. The maximum absolute atomic E-state index is 5.27. The second kappa shape index (κ2) is 6.00. The molecular formula is C13H22N4O. The van der Waals surface area contributed by atoms with E-state index in [1.165, 1.54) is 0 Å². The molecule has 18 heavy (non-hydrogen) atoms. The smallest absolute Gasteiger partial charge is 0.224 e. The van der Waals surface area contributed by atoms with E-state index in [1.807, 2.05) is 13.0 Å². The Morgan fingerprint density at radius 3 is 2.83 bits per heavy atom. The van der Waals surface area contributed by atoms with Crippen LogP contribution < -0.4 is 10.6 Å². The molecule has 1 aromatic rings. The first-order chi connectivity index (χ1) is 8.71. The number of rotatable bonds is 6.